The summed E-state index contributed by atoms with van der Waals surface area (Å²) in [4.78, 5) is 16.1. The lowest BCUT2D eigenvalue weighted by atomic mass is 10.2. The topological polar surface area (TPSA) is 63.8 Å². The average molecular weight is 290 g/mol. The van der Waals surface area contributed by atoms with Gasteiger partial charge in [-0.1, -0.05) is 0 Å². The Balaban J connectivity index is 2.03. The van der Waals surface area contributed by atoms with Gasteiger partial charge in [-0.2, -0.15) is 0 Å². The minimum atomic E-state index is -0.415. The number of benzene rings is 1. The molecule has 1 heterocycles. The van der Waals surface area contributed by atoms with Crippen molar-refractivity contribution >= 4 is 11.9 Å². The zero-order chi connectivity index (χ0) is 15.1. The Bertz CT molecular complexity index is 606. The summed E-state index contributed by atoms with van der Waals surface area (Å²) in [5, 5.41) is 2.54. The first-order valence-corrected chi connectivity index (χ1v) is 6.45. The lowest BCUT2D eigenvalue weighted by Crippen LogP contribution is -2.32. The quantitative estimate of drug-likeness (QED) is 0.695. The molecule has 2 rings (SSSR count). The molecule has 1 aromatic carbocycles. The monoisotopic (exact) mass is 290 g/mol. The number of furan rings is 1. The van der Waals surface area contributed by atoms with Crippen LogP contribution in [0.5, 0.6) is 0 Å². The van der Waals surface area contributed by atoms with Gasteiger partial charge in [0.05, 0.1) is 12.9 Å². The Morgan fingerprint density at radius 2 is 2.10 bits per heavy atom. The van der Waals surface area contributed by atoms with Crippen LogP contribution in [0.3, 0.4) is 0 Å². The molecule has 0 saturated heterocycles. The molecule has 0 aliphatic rings. The molecule has 6 heteroatoms. The number of halogens is 1. The molecule has 5 nitrogen and oxygen atoms in total. The lowest BCUT2D eigenvalue weighted by molar-refractivity contribution is 0.0966. The maximum absolute atomic E-state index is 12.8. The second-order valence-corrected chi connectivity index (χ2v) is 4.09. The first kappa shape index (κ1) is 14.8. The van der Waals surface area contributed by atoms with Gasteiger partial charge in [-0.3, -0.25) is 10.1 Å². The Morgan fingerprint density at radius 3 is 2.71 bits per heavy atom. The number of amidine groups is 1. The van der Waals surface area contributed by atoms with E-state index in [2.05, 4.69) is 10.3 Å². The Hall–Kier alpha value is -2.63. The van der Waals surface area contributed by atoms with Gasteiger partial charge in [0.1, 0.15) is 18.1 Å². The van der Waals surface area contributed by atoms with Gasteiger partial charge in [-0.15, -0.1) is 0 Å². The number of carbonyl (C=O) groups is 1. The van der Waals surface area contributed by atoms with Gasteiger partial charge in [0.15, 0.2) is 0 Å². The molecular formula is C15H15FN2O3. The van der Waals surface area contributed by atoms with E-state index in [1.54, 1.807) is 25.3 Å². The maximum Gasteiger partial charge on any atom is 0.292 e. The number of rotatable bonds is 4. The maximum atomic E-state index is 12.8. The number of hydrogen-bond acceptors (Lipinski definition) is 4. The molecule has 1 N–H and O–H groups in total. The highest BCUT2D eigenvalue weighted by Crippen LogP contribution is 2.04. The molecule has 0 aliphatic carbocycles. The zero-order valence-electron chi connectivity index (χ0n) is 11.5. The largest absolute Gasteiger partial charge is 0.467 e. The van der Waals surface area contributed by atoms with Crippen LogP contribution in [0.4, 0.5) is 4.39 Å². The number of carbonyl (C=O) groups excluding carboxylic acids is 1. The standard InChI is InChI=1S/C15H15FN2O3/c1-2-20-15(17-10-13-4-3-9-21-13)18-14(19)11-5-7-12(16)8-6-11/h3-9H,2,10H2,1H3,(H,17,18,19). The van der Waals surface area contributed by atoms with Crippen LogP contribution in [0.2, 0.25) is 0 Å². The number of aliphatic imine (C=N–C) groups is 1. The van der Waals surface area contributed by atoms with Gasteiger partial charge in [0.2, 0.25) is 0 Å². The Morgan fingerprint density at radius 1 is 1.33 bits per heavy atom. The predicted octanol–water partition coefficient (Wildman–Crippen LogP) is 2.74. The second-order valence-electron chi connectivity index (χ2n) is 4.09. The van der Waals surface area contributed by atoms with Crippen LogP contribution in [0.15, 0.2) is 52.1 Å². The molecule has 1 aromatic heterocycles. The lowest BCUT2D eigenvalue weighted by Gasteiger charge is -2.08. The van der Waals surface area contributed by atoms with Crippen molar-refractivity contribution in [2.24, 2.45) is 4.99 Å². The van der Waals surface area contributed by atoms with E-state index in [0.29, 0.717) is 17.9 Å². The van der Waals surface area contributed by atoms with Crippen molar-refractivity contribution in [3.8, 4) is 0 Å². The zero-order valence-corrected chi connectivity index (χ0v) is 11.5. The van der Waals surface area contributed by atoms with Crippen LogP contribution >= 0.6 is 0 Å². The van der Waals surface area contributed by atoms with Crippen molar-refractivity contribution in [2.75, 3.05) is 6.61 Å². The van der Waals surface area contributed by atoms with Crippen molar-refractivity contribution < 1.29 is 18.3 Å². The number of nitrogens with one attached hydrogen (secondary N) is 1. The summed E-state index contributed by atoms with van der Waals surface area (Å²) in [5.74, 6) is -0.159. The smallest absolute Gasteiger partial charge is 0.292 e. The normalized spacial score (nSPS) is 11.2. The summed E-state index contributed by atoms with van der Waals surface area (Å²) in [6.45, 7) is 2.40. The Kier molecular flexibility index (Phi) is 5.09. The molecule has 21 heavy (non-hydrogen) atoms. The van der Waals surface area contributed by atoms with Crippen LogP contribution in [0.1, 0.15) is 23.0 Å². The summed E-state index contributed by atoms with van der Waals surface area (Å²) in [6, 6.07) is 8.84. The molecular weight excluding hydrogens is 275 g/mol. The Labute approximate surface area is 121 Å². The first-order chi connectivity index (χ1) is 10.2. The van der Waals surface area contributed by atoms with Gasteiger partial charge in [-0.25, -0.2) is 9.38 Å². The highest BCUT2D eigenvalue weighted by atomic mass is 19.1. The highest BCUT2D eigenvalue weighted by molar-refractivity contribution is 6.04. The van der Waals surface area contributed by atoms with Crippen molar-refractivity contribution in [3.63, 3.8) is 0 Å². The van der Waals surface area contributed by atoms with Gasteiger partial charge < -0.3 is 9.15 Å². The van der Waals surface area contributed by atoms with E-state index in [4.69, 9.17) is 9.15 Å². The predicted molar refractivity (Wildman–Crippen MR) is 75.3 cm³/mol. The van der Waals surface area contributed by atoms with E-state index < -0.39 is 11.7 Å². The summed E-state index contributed by atoms with van der Waals surface area (Å²) >= 11 is 0. The number of hydrogen-bond donors (Lipinski definition) is 1. The molecule has 0 spiro atoms. The van der Waals surface area contributed by atoms with E-state index in [9.17, 15) is 9.18 Å². The summed E-state index contributed by atoms with van der Waals surface area (Å²) in [6.07, 6.45) is 1.54. The van der Waals surface area contributed by atoms with Crippen molar-refractivity contribution in [2.45, 2.75) is 13.5 Å². The third kappa shape index (κ3) is 4.45. The second kappa shape index (κ2) is 7.23. The molecule has 0 radical (unpaired) electrons. The number of ether oxygens (including phenoxy) is 1. The fraction of sp³-hybridized carbons (Fsp3) is 0.200. The van der Waals surface area contributed by atoms with Gasteiger partial charge >= 0.3 is 0 Å². The SMILES string of the molecule is CCOC(=NCc1ccco1)NC(=O)c1ccc(F)cc1. The average Bonchev–Trinajstić information content (AvgIpc) is 2.99. The van der Waals surface area contributed by atoms with E-state index in [1.165, 1.54) is 24.3 Å². The van der Waals surface area contributed by atoms with Crippen molar-refractivity contribution in [1.82, 2.24) is 5.32 Å². The van der Waals surface area contributed by atoms with E-state index in [0.717, 1.165) is 0 Å². The third-order valence-electron chi connectivity index (χ3n) is 2.57. The van der Waals surface area contributed by atoms with Gasteiger partial charge in [0, 0.05) is 5.56 Å². The van der Waals surface area contributed by atoms with Crippen LogP contribution in [0, 0.1) is 5.82 Å². The molecule has 2 aromatic rings. The summed E-state index contributed by atoms with van der Waals surface area (Å²) in [7, 11) is 0. The van der Waals surface area contributed by atoms with Gasteiger partial charge in [-0.05, 0) is 43.3 Å². The molecule has 1 amide bonds. The molecule has 110 valence electrons. The van der Waals surface area contributed by atoms with Crippen molar-refractivity contribution in [1.29, 1.82) is 0 Å². The number of nitrogens with zero attached hydrogens (tertiary/aromatic N) is 1. The first-order valence-electron chi connectivity index (χ1n) is 6.45. The van der Waals surface area contributed by atoms with Crippen LogP contribution in [-0.2, 0) is 11.3 Å². The molecule has 0 fully saturated rings. The fourth-order valence-electron chi connectivity index (χ4n) is 1.58. The minimum Gasteiger partial charge on any atom is -0.467 e. The molecule has 0 bridgehead atoms. The summed E-state index contributed by atoms with van der Waals surface area (Å²) in [5.41, 5.74) is 0.321. The minimum absolute atomic E-state index is 0.100. The highest BCUT2D eigenvalue weighted by Gasteiger charge is 2.10. The molecule has 0 saturated carbocycles. The molecule has 0 aliphatic heterocycles. The number of amides is 1. The molecule has 0 atom stereocenters. The molecule has 0 unspecified atom stereocenters. The van der Waals surface area contributed by atoms with Crippen LogP contribution in [-0.4, -0.2) is 18.5 Å². The van der Waals surface area contributed by atoms with E-state index >= 15 is 0 Å². The van der Waals surface area contributed by atoms with E-state index in [1.807, 2.05) is 0 Å². The summed E-state index contributed by atoms with van der Waals surface area (Å²) < 4.78 is 23.2. The van der Waals surface area contributed by atoms with Crippen LogP contribution < -0.4 is 5.32 Å². The third-order valence-corrected chi connectivity index (χ3v) is 2.57. The van der Waals surface area contributed by atoms with Crippen LogP contribution in [0.25, 0.3) is 0 Å². The van der Waals surface area contributed by atoms with Gasteiger partial charge in [0.25, 0.3) is 11.9 Å². The fourth-order valence-corrected chi connectivity index (χ4v) is 1.58. The van der Waals surface area contributed by atoms with E-state index in [-0.39, 0.29) is 12.6 Å². The van der Waals surface area contributed by atoms with Crippen molar-refractivity contribution in [3.05, 3.63) is 59.8 Å².